The van der Waals surface area contributed by atoms with E-state index in [9.17, 15) is 4.79 Å². The van der Waals surface area contributed by atoms with E-state index < -0.39 is 0 Å². The zero-order chi connectivity index (χ0) is 11.5. The Morgan fingerprint density at radius 1 is 1.69 bits per heavy atom. The minimum atomic E-state index is 0.154. The van der Waals surface area contributed by atoms with Gasteiger partial charge in [-0.05, 0) is 43.3 Å². The third-order valence-corrected chi connectivity index (χ3v) is 4.06. The van der Waals surface area contributed by atoms with Crippen LogP contribution in [0.2, 0.25) is 0 Å². The van der Waals surface area contributed by atoms with Gasteiger partial charge in [0.25, 0.3) is 5.91 Å². The van der Waals surface area contributed by atoms with Gasteiger partial charge >= 0.3 is 0 Å². The lowest BCUT2D eigenvalue weighted by atomic mass is 10.2. The lowest BCUT2D eigenvalue weighted by Crippen LogP contribution is -2.38. The maximum Gasteiger partial charge on any atom is 0.263 e. The van der Waals surface area contributed by atoms with Gasteiger partial charge in [0.15, 0.2) is 0 Å². The van der Waals surface area contributed by atoms with Crippen LogP contribution in [0.3, 0.4) is 0 Å². The zero-order valence-corrected chi connectivity index (χ0v) is 10.6. The number of aryl methyl sites for hydroxylation is 1. The number of likely N-dealkylation sites (N-methyl/N-ethyl adjacent to an activating group) is 1. The molecule has 1 aliphatic heterocycles. The van der Waals surface area contributed by atoms with Crippen LogP contribution in [0.15, 0.2) is 11.4 Å². The first-order valence-corrected chi connectivity index (χ1v) is 6.59. The molecule has 0 spiro atoms. The zero-order valence-electron chi connectivity index (χ0n) is 9.82. The number of hydrogen-bond acceptors (Lipinski definition) is 3. The van der Waals surface area contributed by atoms with E-state index in [4.69, 9.17) is 0 Å². The van der Waals surface area contributed by atoms with Crippen molar-refractivity contribution in [1.82, 2.24) is 10.2 Å². The highest BCUT2D eigenvalue weighted by Crippen LogP contribution is 2.18. The molecule has 1 fully saturated rings. The molecule has 1 aromatic rings. The van der Waals surface area contributed by atoms with Crippen molar-refractivity contribution in [3.8, 4) is 0 Å². The van der Waals surface area contributed by atoms with Crippen molar-refractivity contribution in [1.29, 1.82) is 0 Å². The number of carbonyl (C=O) groups is 1. The molecule has 0 unspecified atom stereocenters. The average Bonchev–Trinajstić information content (AvgIpc) is 2.88. The summed E-state index contributed by atoms with van der Waals surface area (Å²) in [5.41, 5.74) is 1.08. The molecule has 88 valence electrons. The summed E-state index contributed by atoms with van der Waals surface area (Å²) in [4.78, 5) is 14.8. The molecular formula is C12H18N2OS. The van der Waals surface area contributed by atoms with Crippen LogP contribution in [0, 0.1) is 6.92 Å². The quantitative estimate of drug-likeness (QED) is 0.872. The Hall–Kier alpha value is -0.870. The molecular weight excluding hydrogens is 220 g/mol. The van der Waals surface area contributed by atoms with E-state index in [0.717, 1.165) is 23.5 Å². The smallest absolute Gasteiger partial charge is 0.263 e. The van der Waals surface area contributed by atoms with Crippen LogP contribution in [0.4, 0.5) is 0 Å². The predicted octanol–water partition coefficient (Wildman–Crippen LogP) is 1.88. The molecule has 2 heterocycles. The Morgan fingerprint density at radius 2 is 2.50 bits per heavy atom. The molecule has 2 rings (SSSR count). The van der Waals surface area contributed by atoms with Gasteiger partial charge in [-0.2, -0.15) is 0 Å². The van der Waals surface area contributed by atoms with Crippen LogP contribution in [0.5, 0.6) is 0 Å². The molecule has 0 saturated carbocycles. The van der Waals surface area contributed by atoms with E-state index in [-0.39, 0.29) is 5.91 Å². The summed E-state index contributed by atoms with van der Waals surface area (Å²) in [6.07, 6.45) is 2.41. The fourth-order valence-electron chi connectivity index (χ4n) is 2.09. The molecule has 0 radical (unpaired) electrons. The number of amides is 1. The standard InChI is InChI=1S/C12H18N2OS/c1-9-5-7-16-11(9)12(15)14(2)8-10-4-3-6-13-10/h5,7,10,13H,3-4,6,8H2,1-2H3/t10-/m1/s1. The van der Waals surface area contributed by atoms with Gasteiger partial charge in [-0.1, -0.05) is 0 Å². The number of carbonyl (C=O) groups excluding carboxylic acids is 1. The predicted molar refractivity (Wildman–Crippen MR) is 67.0 cm³/mol. The first kappa shape index (κ1) is 11.6. The second kappa shape index (κ2) is 4.97. The van der Waals surface area contributed by atoms with Crippen molar-refractivity contribution in [3.63, 3.8) is 0 Å². The van der Waals surface area contributed by atoms with E-state index >= 15 is 0 Å². The first-order valence-electron chi connectivity index (χ1n) is 5.71. The molecule has 1 atom stereocenters. The Balaban J connectivity index is 1.96. The summed E-state index contributed by atoms with van der Waals surface area (Å²) < 4.78 is 0. The SMILES string of the molecule is Cc1ccsc1C(=O)N(C)C[C@H]1CCCN1. The van der Waals surface area contributed by atoms with Crippen molar-refractivity contribution < 1.29 is 4.79 Å². The summed E-state index contributed by atoms with van der Waals surface area (Å²) in [6.45, 7) is 3.90. The molecule has 1 aliphatic rings. The third-order valence-electron chi connectivity index (χ3n) is 3.06. The maximum atomic E-state index is 12.1. The van der Waals surface area contributed by atoms with Crippen LogP contribution in [0.25, 0.3) is 0 Å². The summed E-state index contributed by atoms with van der Waals surface area (Å²) in [7, 11) is 1.89. The first-order chi connectivity index (χ1) is 7.68. The molecule has 1 amide bonds. The number of thiophene rings is 1. The monoisotopic (exact) mass is 238 g/mol. The summed E-state index contributed by atoms with van der Waals surface area (Å²) in [5.74, 6) is 0.154. The van der Waals surface area contributed by atoms with Gasteiger partial charge in [-0.15, -0.1) is 11.3 Å². The van der Waals surface area contributed by atoms with Gasteiger partial charge in [0.2, 0.25) is 0 Å². The second-order valence-electron chi connectivity index (χ2n) is 4.41. The fourth-order valence-corrected chi connectivity index (χ4v) is 3.01. The summed E-state index contributed by atoms with van der Waals surface area (Å²) in [5, 5.41) is 5.39. The Bertz CT molecular complexity index is 369. The van der Waals surface area contributed by atoms with Crippen LogP contribution in [-0.4, -0.2) is 37.0 Å². The van der Waals surface area contributed by atoms with Gasteiger partial charge in [0, 0.05) is 19.6 Å². The molecule has 4 heteroatoms. The number of rotatable bonds is 3. The lowest BCUT2D eigenvalue weighted by Gasteiger charge is -2.21. The van der Waals surface area contributed by atoms with E-state index in [0.29, 0.717) is 6.04 Å². The summed E-state index contributed by atoms with van der Waals surface area (Å²) >= 11 is 1.53. The van der Waals surface area contributed by atoms with E-state index in [1.807, 2.05) is 30.3 Å². The molecule has 1 N–H and O–H groups in total. The van der Waals surface area contributed by atoms with E-state index in [2.05, 4.69) is 5.32 Å². The van der Waals surface area contributed by atoms with Gasteiger partial charge in [-0.3, -0.25) is 4.79 Å². The fraction of sp³-hybridized carbons (Fsp3) is 0.583. The topological polar surface area (TPSA) is 32.3 Å². The molecule has 0 bridgehead atoms. The van der Waals surface area contributed by atoms with Crippen LogP contribution in [0.1, 0.15) is 28.1 Å². The highest BCUT2D eigenvalue weighted by atomic mass is 32.1. The number of hydrogen-bond donors (Lipinski definition) is 1. The minimum absolute atomic E-state index is 0.154. The van der Waals surface area contributed by atoms with Gasteiger partial charge in [0.1, 0.15) is 0 Å². The molecule has 1 saturated heterocycles. The molecule has 0 aliphatic carbocycles. The van der Waals surface area contributed by atoms with Gasteiger partial charge in [0.05, 0.1) is 4.88 Å². The highest BCUT2D eigenvalue weighted by molar-refractivity contribution is 7.12. The molecule has 1 aromatic heterocycles. The van der Waals surface area contributed by atoms with Crippen molar-refractivity contribution in [2.45, 2.75) is 25.8 Å². The number of nitrogens with one attached hydrogen (secondary N) is 1. The third kappa shape index (κ3) is 2.44. The second-order valence-corrected chi connectivity index (χ2v) is 5.33. The maximum absolute atomic E-state index is 12.1. The van der Waals surface area contributed by atoms with Crippen molar-refractivity contribution in [2.24, 2.45) is 0 Å². The Labute approximate surface area is 100 Å². The van der Waals surface area contributed by atoms with Crippen molar-refractivity contribution >= 4 is 17.2 Å². The normalized spacial score (nSPS) is 20.0. The minimum Gasteiger partial charge on any atom is -0.339 e. The van der Waals surface area contributed by atoms with Gasteiger partial charge in [-0.25, -0.2) is 0 Å². The van der Waals surface area contributed by atoms with Gasteiger partial charge < -0.3 is 10.2 Å². The van der Waals surface area contributed by atoms with Crippen LogP contribution in [-0.2, 0) is 0 Å². The Kier molecular flexibility index (Phi) is 3.61. The van der Waals surface area contributed by atoms with E-state index in [1.165, 1.54) is 24.2 Å². The highest BCUT2D eigenvalue weighted by Gasteiger charge is 2.21. The average molecular weight is 238 g/mol. The van der Waals surface area contributed by atoms with E-state index in [1.54, 1.807) is 0 Å². The van der Waals surface area contributed by atoms with Crippen LogP contribution < -0.4 is 5.32 Å². The lowest BCUT2D eigenvalue weighted by molar-refractivity contribution is 0.0788. The Morgan fingerprint density at radius 3 is 3.06 bits per heavy atom. The molecule has 16 heavy (non-hydrogen) atoms. The van der Waals surface area contributed by atoms with Crippen molar-refractivity contribution in [3.05, 3.63) is 21.9 Å². The molecule has 3 nitrogen and oxygen atoms in total. The molecule has 0 aromatic carbocycles. The summed E-state index contributed by atoms with van der Waals surface area (Å²) in [6, 6.07) is 2.48. The van der Waals surface area contributed by atoms with Crippen molar-refractivity contribution in [2.75, 3.05) is 20.1 Å². The van der Waals surface area contributed by atoms with Crippen LogP contribution >= 0.6 is 11.3 Å². The number of nitrogens with zero attached hydrogens (tertiary/aromatic N) is 1. The largest absolute Gasteiger partial charge is 0.339 e.